The number of nitrogens with one attached hydrogen (secondary N) is 1. The summed E-state index contributed by atoms with van der Waals surface area (Å²) in [5.74, 6) is 1.04. The number of hydrogen-bond donors (Lipinski definition) is 1. The maximum Gasteiger partial charge on any atom is 0.139 e. The summed E-state index contributed by atoms with van der Waals surface area (Å²) in [5, 5.41) is 3.89. The van der Waals surface area contributed by atoms with Gasteiger partial charge in [-0.25, -0.2) is 4.98 Å². The molecule has 1 spiro atoms. The molecule has 0 amide bonds. The van der Waals surface area contributed by atoms with Crippen LogP contribution < -0.4 is 5.32 Å². The Morgan fingerprint density at radius 3 is 1.83 bits per heavy atom. The Kier molecular flexibility index (Phi) is 5.10. The van der Waals surface area contributed by atoms with Crippen molar-refractivity contribution in [3.63, 3.8) is 0 Å². The van der Waals surface area contributed by atoms with E-state index in [1.54, 1.807) is 0 Å². The topological polar surface area (TPSA) is 29.3 Å². The number of nitrogens with zero attached hydrogens (tertiary/aromatic N) is 2. The van der Waals surface area contributed by atoms with Crippen molar-refractivity contribution in [3.05, 3.63) is 197 Å². The molecule has 2 aromatic heterocycles. The van der Waals surface area contributed by atoms with Crippen molar-refractivity contribution in [1.29, 1.82) is 0 Å². The molecule has 0 saturated heterocycles. The molecule has 3 aliphatic rings. The second kappa shape index (κ2) is 9.43. The van der Waals surface area contributed by atoms with Crippen LogP contribution in [-0.2, 0) is 5.41 Å². The van der Waals surface area contributed by atoms with Gasteiger partial charge in [0.15, 0.2) is 0 Å². The Labute approximate surface area is 278 Å². The van der Waals surface area contributed by atoms with Crippen LogP contribution in [0.15, 0.2) is 164 Å². The summed E-state index contributed by atoms with van der Waals surface area (Å²) in [7, 11) is 0. The van der Waals surface area contributed by atoms with Gasteiger partial charge in [-0.1, -0.05) is 133 Å². The summed E-state index contributed by atoms with van der Waals surface area (Å²) >= 11 is 0. The lowest BCUT2D eigenvalue weighted by atomic mass is 9.70. The van der Waals surface area contributed by atoms with Gasteiger partial charge < -0.3 is 5.32 Å². The molecule has 2 aliphatic carbocycles. The smallest absolute Gasteiger partial charge is 0.139 e. The summed E-state index contributed by atoms with van der Waals surface area (Å²) in [6, 6.07) is 58.1. The molecule has 8 aromatic rings. The minimum atomic E-state index is -0.351. The number of hydrogen-bond acceptors (Lipinski definition) is 2. The Morgan fingerprint density at radius 2 is 1.10 bits per heavy atom. The highest BCUT2D eigenvalue weighted by Gasteiger charge is 2.51. The molecule has 1 atom stereocenters. The van der Waals surface area contributed by atoms with Crippen LogP contribution in [0.2, 0.25) is 0 Å². The average molecular weight is 612 g/mol. The molecule has 224 valence electrons. The zero-order valence-electron chi connectivity index (χ0n) is 26.1. The highest BCUT2D eigenvalue weighted by atomic mass is 15.2. The molecule has 0 bridgehead atoms. The lowest BCUT2D eigenvalue weighted by molar-refractivity contribution is 0.794. The number of anilines is 1. The van der Waals surface area contributed by atoms with Gasteiger partial charge in [0.2, 0.25) is 0 Å². The van der Waals surface area contributed by atoms with Gasteiger partial charge in [0, 0.05) is 11.8 Å². The molecule has 1 aliphatic heterocycles. The zero-order valence-corrected chi connectivity index (χ0v) is 26.1. The lowest BCUT2D eigenvalue weighted by Crippen LogP contribution is -2.25. The predicted molar refractivity (Wildman–Crippen MR) is 194 cm³/mol. The van der Waals surface area contributed by atoms with Gasteiger partial charge in [0.25, 0.3) is 0 Å². The monoisotopic (exact) mass is 611 g/mol. The number of benzene rings is 6. The molecule has 0 fully saturated rings. The third-order valence-electron chi connectivity index (χ3n) is 10.9. The first kappa shape index (κ1) is 25.9. The molecule has 48 heavy (non-hydrogen) atoms. The van der Waals surface area contributed by atoms with E-state index in [1.165, 1.54) is 72.3 Å². The van der Waals surface area contributed by atoms with E-state index in [1.807, 2.05) is 6.07 Å². The molecular formula is C45H29N3. The van der Waals surface area contributed by atoms with Crippen LogP contribution >= 0.6 is 0 Å². The van der Waals surface area contributed by atoms with E-state index in [-0.39, 0.29) is 11.5 Å². The van der Waals surface area contributed by atoms with Gasteiger partial charge in [-0.05, 0) is 91.0 Å². The number of rotatable bonds is 2. The van der Waals surface area contributed by atoms with Crippen LogP contribution in [-0.4, -0.2) is 9.38 Å². The maximum absolute atomic E-state index is 5.01. The second-order valence-corrected chi connectivity index (χ2v) is 13.2. The average Bonchev–Trinajstić information content (AvgIpc) is 3.79. The second-order valence-electron chi connectivity index (χ2n) is 13.2. The molecule has 0 radical (unpaired) electrons. The van der Waals surface area contributed by atoms with E-state index in [0.717, 1.165) is 17.2 Å². The molecule has 1 unspecified atom stereocenters. The molecular weight excluding hydrogens is 583 g/mol. The Morgan fingerprint density at radius 1 is 0.500 bits per heavy atom. The molecule has 11 rings (SSSR count). The van der Waals surface area contributed by atoms with Crippen LogP contribution in [0.5, 0.6) is 0 Å². The summed E-state index contributed by atoms with van der Waals surface area (Å²) in [6.07, 6.45) is 2.09. The third kappa shape index (κ3) is 3.25. The number of imidazole rings is 1. The van der Waals surface area contributed by atoms with Gasteiger partial charge in [0.05, 0.1) is 11.5 Å². The van der Waals surface area contributed by atoms with E-state index in [2.05, 4.69) is 168 Å². The van der Waals surface area contributed by atoms with E-state index >= 15 is 0 Å². The molecule has 0 saturated carbocycles. The first-order chi connectivity index (χ1) is 23.8. The molecule has 1 N–H and O–H groups in total. The third-order valence-corrected chi connectivity index (χ3v) is 10.9. The van der Waals surface area contributed by atoms with Gasteiger partial charge in [0.1, 0.15) is 17.2 Å². The zero-order chi connectivity index (χ0) is 31.4. The standard InChI is InChI=1S/C45H29N3/c1-2-18-36-35(17-1)42(47-44-43(36)46-41-22-9-10-25-48(41)44)30-13-11-12-28(26-30)29-23-24-34-33-16-5-8-21-39(33)45(40(34)27-29)37-19-6-3-14-31(37)32-15-4-7-20-38(32)45/h1-27,42,47H. The van der Waals surface area contributed by atoms with Crippen LogP contribution in [0, 0.1) is 0 Å². The number of pyridine rings is 1. The summed E-state index contributed by atoms with van der Waals surface area (Å²) in [6.45, 7) is 0. The Bertz CT molecular complexity index is 2560. The van der Waals surface area contributed by atoms with Crippen molar-refractivity contribution in [2.45, 2.75) is 11.5 Å². The minimum absolute atomic E-state index is 0.00707. The minimum Gasteiger partial charge on any atom is -0.358 e. The van der Waals surface area contributed by atoms with Crippen molar-refractivity contribution in [2.75, 3.05) is 5.32 Å². The van der Waals surface area contributed by atoms with Gasteiger partial charge >= 0.3 is 0 Å². The molecule has 3 heterocycles. The van der Waals surface area contributed by atoms with E-state index in [4.69, 9.17) is 4.98 Å². The lowest BCUT2D eigenvalue weighted by Gasteiger charge is -2.30. The number of fused-ring (bicyclic) bond motifs is 15. The van der Waals surface area contributed by atoms with E-state index in [0.29, 0.717) is 0 Å². The van der Waals surface area contributed by atoms with E-state index in [9.17, 15) is 0 Å². The largest absolute Gasteiger partial charge is 0.358 e. The van der Waals surface area contributed by atoms with Crippen LogP contribution in [0.4, 0.5) is 5.82 Å². The van der Waals surface area contributed by atoms with Crippen LogP contribution in [0.3, 0.4) is 0 Å². The van der Waals surface area contributed by atoms with Crippen molar-refractivity contribution >= 4 is 11.5 Å². The summed E-state index contributed by atoms with van der Waals surface area (Å²) < 4.78 is 2.16. The normalized spacial score (nSPS) is 15.6. The van der Waals surface area contributed by atoms with Gasteiger partial charge in [-0.2, -0.15) is 0 Å². The number of aromatic nitrogens is 2. The van der Waals surface area contributed by atoms with Crippen molar-refractivity contribution < 1.29 is 0 Å². The van der Waals surface area contributed by atoms with Crippen LogP contribution in [0.25, 0.3) is 50.3 Å². The summed E-state index contributed by atoms with van der Waals surface area (Å²) in [4.78, 5) is 5.01. The fraction of sp³-hybridized carbons (Fsp3) is 0.0444. The SMILES string of the molecule is c1cc(-c2ccc3c(c2)C2(c4ccccc4-c4ccccc42)c2ccccc2-3)cc(C2Nc3c(nc4ccccn34)-c3ccccc32)c1. The van der Waals surface area contributed by atoms with Gasteiger partial charge in [-0.3, -0.25) is 4.40 Å². The van der Waals surface area contributed by atoms with Gasteiger partial charge in [-0.15, -0.1) is 0 Å². The quantitative estimate of drug-likeness (QED) is 0.211. The van der Waals surface area contributed by atoms with E-state index < -0.39 is 0 Å². The van der Waals surface area contributed by atoms with Crippen molar-refractivity contribution in [3.8, 4) is 44.6 Å². The molecule has 3 heteroatoms. The predicted octanol–water partition coefficient (Wildman–Crippen LogP) is 10.5. The first-order valence-corrected chi connectivity index (χ1v) is 16.7. The summed E-state index contributed by atoms with van der Waals surface area (Å²) in [5.41, 5.74) is 18.5. The Hall–Kier alpha value is -6.19. The first-order valence-electron chi connectivity index (χ1n) is 16.7. The van der Waals surface area contributed by atoms with Crippen molar-refractivity contribution in [2.24, 2.45) is 0 Å². The molecule has 3 nitrogen and oxygen atoms in total. The fourth-order valence-corrected chi connectivity index (χ4v) is 8.94. The Balaban J connectivity index is 1.09. The van der Waals surface area contributed by atoms with Crippen molar-refractivity contribution in [1.82, 2.24) is 9.38 Å². The van der Waals surface area contributed by atoms with Crippen LogP contribution in [0.1, 0.15) is 39.4 Å². The molecule has 6 aromatic carbocycles. The fourth-order valence-electron chi connectivity index (χ4n) is 8.94. The maximum atomic E-state index is 5.01. The highest BCUT2D eigenvalue weighted by molar-refractivity contribution is 5.96. The highest BCUT2D eigenvalue weighted by Crippen LogP contribution is 2.63.